The first kappa shape index (κ1) is 19.5. The van der Waals surface area contributed by atoms with Crippen LogP contribution in [0.5, 0.6) is 11.5 Å². The van der Waals surface area contributed by atoms with Gasteiger partial charge >= 0.3 is 0 Å². The molecule has 1 aliphatic heterocycles. The van der Waals surface area contributed by atoms with Crippen molar-refractivity contribution in [1.82, 2.24) is 4.90 Å². The molecule has 0 radical (unpaired) electrons. The van der Waals surface area contributed by atoms with E-state index in [2.05, 4.69) is 29.2 Å². The van der Waals surface area contributed by atoms with Crippen LogP contribution >= 0.6 is 11.3 Å². The summed E-state index contributed by atoms with van der Waals surface area (Å²) in [5.41, 5.74) is 9.79. The molecule has 0 saturated heterocycles. The lowest BCUT2D eigenvalue weighted by atomic mass is 9.95. The Morgan fingerprint density at radius 3 is 2.62 bits per heavy atom. The number of nitrogen functional groups attached to an aromatic ring is 1. The molecule has 1 aliphatic rings. The number of nitrogens with zero attached hydrogens (tertiary/aromatic N) is 1. The highest BCUT2D eigenvalue weighted by molar-refractivity contribution is 7.16. The molecule has 0 bridgehead atoms. The molecule has 0 amide bonds. The van der Waals surface area contributed by atoms with Gasteiger partial charge < -0.3 is 15.2 Å². The second-order valence-electron chi connectivity index (χ2n) is 7.06. The Balaban J connectivity index is 1.63. The fraction of sp³-hybridized carbons (Fsp3) is 0.261. The zero-order chi connectivity index (χ0) is 20.4. The second kappa shape index (κ2) is 8.27. The Bertz CT molecular complexity index is 1030. The van der Waals surface area contributed by atoms with Gasteiger partial charge in [-0.1, -0.05) is 36.4 Å². The van der Waals surface area contributed by atoms with Gasteiger partial charge in [-0.25, -0.2) is 0 Å². The molecule has 29 heavy (non-hydrogen) atoms. The molecule has 2 heterocycles. The molecule has 150 valence electrons. The minimum absolute atomic E-state index is 0.104. The van der Waals surface area contributed by atoms with Crippen molar-refractivity contribution >= 4 is 22.1 Å². The lowest BCUT2D eigenvalue weighted by Gasteiger charge is -2.27. The van der Waals surface area contributed by atoms with E-state index in [1.807, 2.05) is 6.07 Å². The average Bonchev–Trinajstić information content (AvgIpc) is 3.08. The van der Waals surface area contributed by atoms with E-state index < -0.39 is 0 Å². The van der Waals surface area contributed by atoms with Gasteiger partial charge in [0.05, 0.1) is 30.3 Å². The van der Waals surface area contributed by atoms with E-state index in [4.69, 9.17) is 15.2 Å². The van der Waals surface area contributed by atoms with Crippen LogP contribution in [-0.4, -0.2) is 31.4 Å². The highest BCUT2D eigenvalue weighted by Crippen LogP contribution is 2.39. The number of carbonyl (C=O) groups is 1. The number of ketones is 1. The fourth-order valence-electron chi connectivity index (χ4n) is 3.90. The van der Waals surface area contributed by atoms with Gasteiger partial charge in [0.1, 0.15) is 0 Å². The third-order valence-electron chi connectivity index (χ3n) is 5.29. The maximum atomic E-state index is 13.4. The molecule has 2 N–H and O–H groups in total. The van der Waals surface area contributed by atoms with E-state index in [1.54, 1.807) is 32.4 Å². The smallest absolute Gasteiger partial charge is 0.200 e. The Morgan fingerprint density at radius 2 is 1.90 bits per heavy atom. The summed E-state index contributed by atoms with van der Waals surface area (Å²) >= 11 is 1.52. The van der Waals surface area contributed by atoms with Crippen molar-refractivity contribution in [3.8, 4) is 11.5 Å². The van der Waals surface area contributed by atoms with Crippen molar-refractivity contribution in [2.75, 3.05) is 26.5 Å². The highest BCUT2D eigenvalue weighted by atomic mass is 32.1. The van der Waals surface area contributed by atoms with Crippen LogP contribution < -0.4 is 15.2 Å². The zero-order valence-corrected chi connectivity index (χ0v) is 17.4. The van der Waals surface area contributed by atoms with E-state index >= 15 is 0 Å². The summed E-state index contributed by atoms with van der Waals surface area (Å²) in [5.74, 6) is 0.878. The number of thiophene rings is 1. The monoisotopic (exact) mass is 408 g/mol. The summed E-state index contributed by atoms with van der Waals surface area (Å²) in [5, 5.41) is 0.575. The number of rotatable bonds is 6. The molecule has 4 rings (SSSR count). The Kier molecular flexibility index (Phi) is 5.56. The van der Waals surface area contributed by atoms with Crippen LogP contribution in [0.3, 0.4) is 0 Å². The van der Waals surface area contributed by atoms with Crippen molar-refractivity contribution < 1.29 is 14.3 Å². The first-order valence-electron chi connectivity index (χ1n) is 9.54. The van der Waals surface area contributed by atoms with Crippen LogP contribution in [0.1, 0.15) is 31.9 Å². The number of carbonyl (C=O) groups excluding carboxylic acids is 1. The lowest BCUT2D eigenvalue weighted by molar-refractivity contribution is 0.103. The highest BCUT2D eigenvalue weighted by Gasteiger charge is 2.29. The molecule has 2 aromatic carbocycles. The van der Waals surface area contributed by atoms with Gasteiger partial charge in [0.15, 0.2) is 17.3 Å². The molecule has 3 aromatic rings. The third kappa shape index (κ3) is 3.73. The number of ether oxygens (including phenoxy) is 2. The molecule has 6 heteroatoms. The number of methoxy groups -OCH3 is 2. The number of nitrogens with two attached hydrogens (primary N) is 1. The molecule has 0 saturated carbocycles. The maximum absolute atomic E-state index is 13.4. The summed E-state index contributed by atoms with van der Waals surface area (Å²) in [6.45, 7) is 2.60. The van der Waals surface area contributed by atoms with Crippen molar-refractivity contribution in [3.05, 3.63) is 75.7 Å². The topological polar surface area (TPSA) is 64.8 Å². The van der Waals surface area contributed by atoms with Crippen LogP contribution in [0.4, 0.5) is 5.00 Å². The summed E-state index contributed by atoms with van der Waals surface area (Å²) in [6.07, 6.45) is 0.809. The fourth-order valence-corrected chi connectivity index (χ4v) is 5.06. The van der Waals surface area contributed by atoms with Crippen LogP contribution in [-0.2, 0) is 19.5 Å². The van der Waals surface area contributed by atoms with Crippen molar-refractivity contribution in [2.45, 2.75) is 19.5 Å². The number of hydrogen-bond acceptors (Lipinski definition) is 6. The molecule has 0 unspecified atom stereocenters. The minimum Gasteiger partial charge on any atom is -0.493 e. The van der Waals surface area contributed by atoms with Crippen LogP contribution in [0.25, 0.3) is 0 Å². The van der Waals surface area contributed by atoms with Gasteiger partial charge in [0.2, 0.25) is 0 Å². The number of para-hydroxylation sites is 1. The van der Waals surface area contributed by atoms with Crippen LogP contribution in [0.2, 0.25) is 0 Å². The quantitative estimate of drug-likeness (QED) is 0.621. The molecular formula is C23H24N2O3S. The zero-order valence-electron chi connectivity index (χ0n) is 16.6. The van der Waals surface area contributed by atoms with Gasteiger partial charge in [0, 0.05) is 24.5 Å². The molecule has 5 nitrogen and oxygen atoms in total. The number of benzene rings is 2. The Hall–Kier alpha value is -2.83. The van der Waals surface area contributed by atoms with E-state index in [-0.39, 0.29) is 5.78 Å². The lowest BCUT2D eigenvalue weighted by Crippen LogP contribution is -2.29. The standard InChI is InChI=1S/C23H24N2O3S/c1-27-18-10-6-9-17(22(18)28-2)21(26)20-16-11-12-25(14-19(16)29-23(20)24)13-15-7-4-3-5-8-15/h3-10H,11-14,24H2,1-2H3. The van der Waals surface area contributed by atoms with Gasteiger partial charge in [0.25, 0.3) is 0 Å². The number of fused-ring (bicyclic) bond motifs is 1. The van der Waals surface area contributed by atoms with E-state index in [1.165, 1.54) is 21.8 Å². The predicted octanol–water partition coefficient (Wildman–Crippen LogP) is 4.14. The van der Waals surface area contributed by atoms with E-state index in [0.717, 1.165) is 31.6 Å². The van der Waals surface area contributed by atoms with E-state index in [9.17, 15) is 4.79 Å². The number of hydrogen-bond donors (Lipinski definition) is 1. The first-order valence-corrected chi connectivity index (χ1v) is 10.4. The van der Waals surface area contributed by atoms with Gasteiger partial charge in [-0.2, -0.15) is 0 Å². The van der Waals surface area contributed by atoms with Gasteiger partial charge in [-0.3, -0.25) is 9.69 Å². The summed E-state index contributed by atoms with van der Waals surface area (Å²) < 4.78 is 10.8. The predicted molar refractivity (Wildman–Crippen MR) is 116 cm³/mol. The molecular weight excluding hydrogens is 384 g/mol. The van der Waals surface area contributed by atoms with Crippen molar-refractivity contribution in [2.24, 2.45) is 0 Å². The molecule has 0 spiro atoms. The largest absolute Gasteiger partial charge is 0.493 e. The molecule has 1 aromatic heterocycles. The molecule has 0 aliphatic carbocycles. The van der Waals surface area contributed by atoms with Gasteiger partial charge in [-0.05, 0) is 29.7 Å². The molecule has 0 fully saturated rings. The second-order valence-corrected chi connectivity index (χ2v) is 8.20. The first-order chi connectivity index (χ1) is 14.1. The maximum Gasteiger partial charge on any atom is 0.200 e. The molecule has 0 atom stereocenters. The van der Waals surface area contributed by atoms with Crippen LogP contribution in [0.15, 0.2) is 48.5 Å². The Morgan fingerprint density at radius 1 is 1.10 bits per heavy atom. The Labute approximate surface area is 174 Å². The average molecular weight is 409 g/mol. The van der Waals surface area contributed by atoms with Gasteiger partial charge in [-0.15, -0.1) is 11.3 Å². The third-order valence-corrected chi connectivity index (χ3v) is 6.33. The van der Waals surface area contributed by atoms with E-state index in [0.29, 0.717) is 27.6 Å². The summed E-state index contributed by atoms with van der Waals surface area (Å²) in [7, 11) is 3.11. The van der Waals surface area contributed by atoms with Crippen LogP contribution in [0, 0.1) is 0 Å². The summed E-state index contributed by atoms with van der Waals surface area (Å²) in [6, 6.07) is 15.8. The summed E-state index contributed by atoms with van der Waals surface area (Å²) in [4.78, 5) is 17.0. The SMILES string of the molecule is COc1cccc(C(=O)c2c(N)sc3c2CCN(Cc2ccccc2)C3)c1OC. The minimum atomic E-state index is -0.104. The normalized spacial score (nSPS) is 13.7. The van der Waals surface area contributed by atoms with Crippen molar-refractivity contribution in [1.29, 1.82) is 0 Å². The number of anilines is 1. The van der Waals surface area contributed by atoms with Crippen molar-refractivity contribution in [3.63, 3.8) is 0 Å².